The first-order chi connectivity index (χ1) is 10.7. The molecular formula is C16H27N3O4. The van der Waals surface area contributed by atoms with E-state index in [0.717, 1.165) is 13.2 Å². The topological polar surface area (TPSA) is 73.3 Å². The lowest BCUT2D eigenvalue weighted by Gasteiger charge is -2.45. The third-order valence-electron chi connectivity index (χ3n) is 4.84. The van der Waals surface area contributed by atoms with E-state index in [0.29, 0.717) is 25.7 Å². The Bertz CT molecular complexity index is 500. The van der Waals surface area contributed by atoms with Gasteiger partial charge in [0.05, 0.1) is 18.6 Å². The molecule has 0 radical (unpaired) electrons. The Morgan fingerprint density at radius 3 is 2.48 bits per heavy atom. The van der Waals surface area contributed by atoms with Gasteiger partial charge in [-0.1, -0.05) is 0 Å². The highest BCUT2D eigenvalue weighted by atomic mass is 16.6. The van der Waals surface area contributed by atoms with E-state index in [9.17, 15) is 14.7 Å². The molecule has 7 nitrogen and oxygen atoms in total. The van der Waals surface area contributed by atoms with Gasteiger partial charge in [0.2, 0.25) is 0 Å². The fourth-order valence-electron chi connectivity index (χ4n) is 3.70. The van der Waals surface area contributed by atoms with Crippen LogP contribution in [0.2, 0.25) is 0 Å². The van der Waals surface area contributed by atoms with E-state index < -0.39 is 17.1 Å². The van der Waals surface area contributed by atoms with E-state index in [2.05, 4.69) is 9.80 Å². The smallest absolute Gasteiger partial charge is 0.410 e. The summed E-state index contributed by atoms with van der Waals surface area (Å²) in [6.07, 6.45) is 2.13. The molecular weight excluding hydrogens is 298 g/mol. The van der Waals surface area contributed by atoms with Gasteiger partial charge in [-0.2, -0.15) is 0 Å². The molecule has 2 heterocycles. The zero-order valence-corrected chi connectivity index (χ0v) is 14.2. The molecule has 23 heavy (non-hydrogen) atoms. The number of fused-ring (bicyclic) bond motifs is 1. The lowest BCUT2D eigenvalue weighted by Crippen LogP contribution is -2.62. The zero-order valence-electron chi connectivity index (χ0n) is 14.2. The van der Waals surface area contributed by atoms with E-state index >= 15 is 0 Å². The minimum atomic E-state index is -0.807. The monoisotopic (exact) mass is 325 g/mol. The molecule has 1 atom stereocenters. The molecule has 2 aliphatic heterocycles. The van der Waals surface area contributed by atoms with Gasteiger partial charge >= 0.3 is 12.1 Å². The Kier molecular flexibility index (Phi) is 4.04. The van der Waals surface area contributed by atoms with Crippen molar-refractivity contribution in [1.82, 2.24) is 14.7 Å². The number of amides is 1. The third-order valence-corrected chi connectivity index (χ3v) is 4.84. The Hall–Kier alpha value is -1.34. The summed E-state index contributed by atoms with van der Waals surface area (Å²) in [6.45, 7) is 8.81. The number of carboxylic acids is 1. The first kappa shape index (κ1) is 16.5. The average Bonchev–Trinajstić information content (AvgIpc) is 3.17. The van der Waals surface area contributed by atoms with Gasteiger partial charge in [0.25, 0.3) is 0 Å². The fourth-order valence-corrected chi connectivity index (χ4v) is 3.70. The summed E-state index contributed by atoms with van der Waals surface area (Å²) < 4.78 is 5.47. The van der Waals surface area contributed by atoms with Crippen LogP contribution in [0.25, 0.3) is 0 Å². The van der Waals surface area contributed by atoms with E-state index in [1.54, 1.807) is 4.90 Å². The first-order valence-corrected chi connectivity index (χ1v) is 8.37. The molecule has 1 N–H and O–H groups in total. The minimum Gasteiger partial charge on any atom is -0.481 e. The van der Waals surface area contributed by atoms with Crippen LogP contribution in [0.3, 0.4) is 0 Å². The summed E-state index contributed by atoms with van der Waals surface area (Å²) >= 11 is 0. The molecule has 7 heteroatoms. The van der Waals surface area contributed by atoms with Crippen molar-refractivity contribution in [2.75, 3.05) is 32.8 Å². The molecule has 1 aliphatic carbocycles. The predicted molar refractivity (Wildman–Crippen MR) is 84.1 cm³/mol. The summed E-state index contributed by atoms with van der Waals surface area (Å²) in [5.74, 6) is -0.807. The Labute approximate surface area is 137 Å². The SMILES string of the molecule is CC(C)(C)OC(=O)N1CCN2CN(C3CC3)CC2(CC(=O)O)C1. The van der Waals surface area contributed by atoms with Crippen LogP contribution in [-0.4, -0.2) is 81.9 Å². The standard InChI is InChI=1S/C16H27N3O4/c1-15(2,3)23-14(22)17-6-7-19-11-18(12-4-5-12)10-16(19,9-17)8-13(20)21/h12H,4-11H2,1-3H3,(H,20,21). The summed E-state index contributed by atoms with van der Waals surface area (Å²) in [5.41, 5.74) is -1.02. The van der Waals surface area contributed by atoms with Gasteiger partial charge < -0.3 is 14.7 Å². The maximum Gasteiger partial charge on any atom is 0.410 e. The van der Waals surface area contributed by atoms with Gasteiger partial charge in [-0.25, -0.2) is 4.79 Å². The Morgan fingerprint density at radius 2 is 1.91 bits per heavy atom. The molecule has 1 unspecified atom stereocenters. The molecule has 0 aromatic rings. The van der Waals surface area contributed by atoms with E-state index in [4.69, 9.17) is 4.74 Å². The van der Waals surface area contributed by atoms with Crippen LogP contribution in [0.15, 0.2) is 0 Å². The number of carbonyl (C=O) groups excluding carboxylic acids is 1. The molecule has 0 spiro atoms. The van der Waals surface area contributed by atoms with Crippen LogP contribution < -0.4 is 0 Å². The summed E-state index contributed by atoms with van der Waals surface area (Å²) in [6, 6.07) is 0.598. The largest absolute Gasteiger partial charge is 0.481 e. The molecule has 0 aromatic heterocycles. The van der Waals surface area contributed by atoms with Crippen LogP contribution in [-0.2, 0) is 9.53 Å². The normalized spacial score (nSPS) is 29.4. The second kappa shape index (κ2) is 5.63. The number of ether oxygens (including phenoxy) is 1. The van der Waals surface area contributed by atoms with Gasteiger partial charge in [-0.15, -0.1) is 0 Å². The highest BCUT2D eigenvalue weighted by Crippen LogP contribution is 2.38. The lowest BCUT2D eigenvalue weighted by molar-refractivity contribution is -0.141. The third kappa shape index (κ3) is 3.61. The van der Waals surface area contributed by atoms with Crippen LogP contribution in [0.5, 0.6) is 0 Å². The zero-order chi connectivity index (χ0) is 16.8. The maximum absolute atomic E-state index is 12.4. The van der Waals surface area contributed by atoms with Crippen LogP contribution in [0.1, 0.15) is 40.0 Å². The number of carbonyl (C=O) groups is 2. The van der Waals surface area contributed by atoms with Crippen molar-refractivity contribution in [3.05, 3.63) is 0 Å². The first-order valence-electron chi connectivity index (χ1n) is 8.37. The number of rotatable bonds is 3. The quantitative estimate of drug-likeness (QED) is 0.840. The molecule has 1 amide bonds. The second-order valence-corrected chi connectivity index (χ2v) is 8.08. The number of hydrogen-bond acceptors (Lipinski definition) is 5. The average molecular weight is 325 g/mol. The Morgan fingerprint density at radius 1 is 1.22 bits per heavy atom. The van der Waals surface area contributed by atoms with E-state index in [1.165, 1.54) is 12.8 Å². The van der Waals surface area contributed by atoms with E-state index in [1.807, 2.05) is 20.8 Å². The van der Waals surface area contributed by atoms with Crippen LogP contribution >= 0.6 is 0 Å². The highest BCUT2D eigenvalue weighted by Gasteiger charge is 2.52. The number of nitrogens with zero attached hydrogens (tertiary/aromatic N) is 3. The number of piperazine rings is 1. The van der Waals surface area contributed by atoms with E-state index in [-0.39, 0.29) is 12.5 Å². The summed E-state index contributed by atoms with van der Waals surface area (Å²) in [4.78, 5) is 30.1. The molecule has 0 bridgehead atoms. The van der Waals surface area contributed by atoms with Gasteiger partial charge in [-0.3, -0.25) is 14.6 Å². The maximum atomic E-state index is 12.4. The predicted octanol–water partition coefficient (Wildman–Crippen LogP) is 1.19. The summed E-state index contributed by atoms with van der Waals surface area (Å²) in [5, 5.41) is 9.38. The molecule has 3 fully saturated rings. The highest BCUT2D eigenvalue weighted by molar-refractivity contribution is 5.71. The summed E-state index contributed by atoms with van der Waals surface area (Å²) in [7, 11) is 0. The van der Waals surface area contributed by atoms with Crippen LogP contribution in [0.4, 0.5) is 4.79 Å². The van der Waals surface area contributed by atoms with Crippen molar-refractivity contribution in [2.45, 2.75) is 57.2 Å². The molecule has 0 aromatic carbocycles. The van der Waals surface area contributed by atoms with Gasteiger partial charge in [0.15, 0.2) is 0 Å². The fraction of sp³-hybridized carbons (Fsp3) is 0.875. The van der Waals surface area contributed by atoms with Crippen molar-refractivity contribution >= 4 is 12.1 Å². The van der Waals surface area contributed by atoms with Gasteiger partial charge in [-0.05, 0) is 33.6 Å². The van der Waals surface area contributed by atoms with Crippen molar-refractivity contribution in [3.63, 3.8) is 0 Å². The molecule has 1 saturated carbocycles. The van der Waals surface area contributed by atoms with Crippen molar-refractivity contribution < 1.29 is 19.4 Å². The van der Waals surface area contributed by atoms with Crippen molar-refractivity contribution in [1.29, 1.82) is 0 Å². The lowest BCUT2D eigenvalue weighted by atomic mass is 9.91. The van der Waals surface area contributed by atoms with Crippen molar-refractivity contribution in [3.8, 4) is 0 Å². The Balaban J connectivity index is 1.74. The van der Waals surface area contributed by atoms with Gasteiger partial charge in [0, 0.05) is 32.2 Å². The molecule has 3 rings (SSSR count). The molecule has 3 aliphatic rings. The van der Waals surface area contributed by atoms with Crippen LogP contribution in [0, 0.1) is 0 Å². The number of aliphatic carboxylic acids is 1. The minimum absolute atomic E-state index is 0.0650. The molecule has 130 valence electrons. The van der Waals surface area contributed by atoms with Gasteiger partial charge in [0.1, 0.15) is 5.60 Å². The number of hydrogen-bond donors (Lipinski definition) is 1. The van der Waals surface area contributed by atoms with Crippen molar-refractivity contribution in [2.24, 2.45) is 0 Å². The molecule has 2 saturated heterocycles. The second-order valence-electron chi connectivity index (χ2n) is 8.08. The number of carboxylic acid groups (broad SMARTS) is 1.